The minimum Gasteiger partial charge on any atom is -0.493 e. The van der Waals surface area contributed by atoms with E-state index in [2.05, 4.69) is 15.9 Å². The predicted molar refractivity (Wildman–Crippen MR) is 79.6 cm³/mol. The summed E-state index contributed by atoms with van der Waals surface area (Å²) in [5.74, 6) is 1.12. The van der Waals surface area contributed by atoms with E-state index >= 15 is 0 Å². The van der Waals surface area contributed by atoms with E-state index in [0.29, 0.717) is 16.4 Å². The molecule has 100 valence electrons. The zero-order valence-corrected chi connectivity index (χ0v) is 13.0. The first-order valence-electron chi connectivity index (χ1n) is 5.66. The highest BCUT2D eigenvalue weighted by atomic mass is 79.9. The lowest BCUT2D eigenvalue weighted by Gasteiger charge is -2.11. The maximum Gasteiger partial charge on any atom is 0.210 e. The lowest BCUT2D eigenvalue weighted by molar-refractivity contribution is 0.0923. The number of methoxy groups -OCH3 is 1. The summed E-state index contributed by atoms with van der Waals surface area (Å²) >= 11 is 4.86. The first-order chi connectivity index (χ1) is 9.11. The number of aryl methyl sites for hydroxylation is 1. The molecule has 1 aromatic heterocycles. The number of hydrogen-bond acceptors (Lipinski definition) is 4. The second-order valence-electron chi connectivity index (χ2n) is 3.89. The van der Waals surface area contributed by atoms with Crippen molar-refractivity contribution in [1.82, 2.24) is 0 Å². The van der Waals surface area contributed by atoms with E-state index in [1.165, 1.54) is 11.3 Å². The Kier molecular flexibility index (Phi) is 4.61. The first kappa shape index (κ1) is 14.1. The molecule has 0 aliphatic carbocycles. The van der Waals surface area contributed by atoms with E-state index in [0.717, 1.165) is 9.35 Å². The van der Waals surface area contributed by atoms with Crippen LogP contribution in [0.2, 0.25) is 0 Å². The van der Waals surface area contributed by atoms with Crippen LogP contribution in [0.5, 0.6) is 11.5 Å². The molecule has 2 aromatic rings. The van der Waals surface area contributed by atoms with Gasteiger partial charge in [0, 0.05) is 4.88 Å². The number of thiophene rings is 1. The van der Waals surface area contributed by atoms with Crippen LogP contribution in [0.1, 0.15) is 14.5 Å². The molecular weight excluding hydrogens is 328 g/mol. The zero-order valence-electron chi connectivity index (χ0n) is 10.6. The third-order valence-corrected chi connectivity index (χ3v) is 4.18. The van der Waals surface area contributed by atoms with Gasteiger partial charge in [-0.15, -0.1) is 11.3 Å². The normalized spacial score (nSPS) is 10.3. The number of ether oxygens (including phenoxy) is 2. The van der Waals surface area contributed by atoms with Gasteiger partial charge in [-0.05, 0) is 47.1 Å². The fourth-order valence-corrected chi connectivity index (χ4v) is 2.84. The number of hydrogen-bond donors (Lipinski definition) is 0. The van der Waals surface area contributed by atoms with Crippen LogP contribution < -0.4 is 9.47 Å². The summed E-state index contributed by atoms with van der Waals surface area (Å²) in [6, 6.07) is 9.23. The molecule has 0 spiro atoms. The van der Waals surface area contributed by atoms with Crippen LogP contribution >= 0.6 is 27.3 Å². The molecular formula is C14H13BrO3S. The molecule has 0 N–H and O–H groups in total. The van der Waals surface area contributed by atoms with Crippen molar-refractivity contribution >= 4 is 33.0 Å². The molecule has 0 amide bonds. The number of rotatable bonds is 5. The monoisotopic (exact) mass is 340 g/mol. The van der Waals surface area contributed by atoms with Crippen molar-refractivity contribution in [2.75, 3.05) is 13.7 Å². The second kappa shape index (κ2) is 6.21. The topological polar surface area (TPSA) is 35.5 Å². The second-order valence-corrected chi connectivity index (χ2v) is 6.04. The Balaban J connectivity index is 2.09. The third kappa shape index (κ3) is 3.36. The fourth-order valence-electron chi connectivity index (χ4n) is 1.58. The van der Waals surface area contributed by atoms with E-state index in [9.17, 15) is 4.79 Å². The number of benzene rings is 1. The molecule has 19 heavy (non-hydrogen) atoms. The Morgan fingerprint density at radius 3 is 2.74 bits per heavy atom. The van der Waals surface area contributed by atoms with Crippen LogP contribution in [-0.2, 0) is 0 Å². The minimum absolute atomic E-state index is 0.00106. The van der Waals surface area contributed by atoms with Crippen molar-refractivity contribution in [3.8, 4) is 11.5 Å². The Labute approximate surface area is 124 Å². The molecule has 2 rings (SSSR count). The highest BCUT2D eigenvalue weighted by molar-refractivity contribution is 9.10. The van der Waals surface area contributed by atoms with E-state index in [1.807, 2.05) is 31.2 Å². The van der Waals surface area contributed by atoms with Gasteiger partial charge in [0.25, 0.3) is 0 Å². The van der Waals surface area contributed by atoms with Crippen LogP contribution in [-0.4, -0.2) is 19.5 Å². The van der Waals surface area contributed by atoms with Crippen molar-refractivity contribution in [1.29, 1.82) is 0 Å². The lowest BCUT2D eigenvalue weighted by Crippen LogP contribution is -2.11. The molecule has 1 aromatic carbocycles. The molecule has 0 aliphatic rings. The first-order valence-corrected chi connectivity index (χ1v) is 7.27. The summed E-state index contributed by atoms with van der Waals surface area (Å²) in [6.45, 7) is 1.97. The average molecular weight is 341 g/mol. The van der Waals surface area contributed by atoms with Crippen molar-refractivity contribution in [2.45, 2.75) is 6.92 Å². The molecule has 1 heterocycles. The van der Waals surface area contributed by atoms with E-state index in [4.69, 9.17) is 9.47 Å². The van der Waals surface area contributed by atoms with Gasteiger partial charge in [0.15, 0.2) is 18.1 Å². The molecule has 0 fully saturated rings. The minimum atomic E-state index is -0.0316. The predicted octanol–water partition coefficient (Wildman–Crippen LogP) is 4.09. The molecule has 0 saturated carbocycles. The molecule has 0 unspecified atom stereocenters. The van der Waals surface area contributed by atoms with Gasteiger partial charge in [-0.25, -0.2) is 0 Å². The number of para-hydroxylation sites is 1. The summed E-state index contributed by atoms with van der Waals surface area (Å²) in [6.07, 6.45) is 0. The van der Waals surface area contributed by atoms with Crippen LogP contribution in [0.15, 0.2) is 34.8 Å². The lowest BCUT2D eigenvalue weighted by atomic mass is 10.3. The molecule has 5 heteroatoms. The van der Waals surface area contributed by atoms with Crippen LogP contribution in [0, 0.1) is 6.92 Å². The summed E-state index contributed by atoms with van der Waals surface area (Å²) in [5, 5.41) is 0. The van der Waals surface area contributed by atoms with Crippen LogP contribution in [0.3, 0.4) is 0 Å². The smallest absolute Gasteiger partial charge is 0.210 e. The van der Waals surface area contributed by atoms with E-state index in [1.54, 1.807) is 13.2 Å². The Morgan fingerprint density at radius 2 is 2.11 bits per heavy atom. The maximum atomic E-state index is 12.0. The van der Waals surface area contributed by atoms with Gasteiger partial charge in [0.2, 0.25) is 5.78 Å². The third-order valence-electron chi connectivity index (χ3n) is 2.51. The maximum absolute atomic E-state index is 12.0. The summed E-state index contributed by atoms with van der Waals surface area (Å²) in [5.41, 5.74) is 0. The number of carbonyl (C=O) groups is 1. The van der Waals surface area contributed by atoms with Gasteiger partial charge >= 0.3 is 0 Å². The Hall–Kier alpha value is -1.33. The van der Waals surface area contributed by atoms with E-state index < -0.39 is 0 Å². The molecule has 0 saturated heterocycles. The van der Waals surface area contributed by atoms with Gasteiger partial charge < -0.3 is 9.47 Å². The molecule has 0 aliphatic heterocycles. The van der Waals surface area contributed by atoms with Crippen LogP contribution in [0.25, 0.3) is 0 Å². The van der Waals surface area contributed by atoms with Crippen molar-refractivity contribution < 1.29 is 14.3 Å². The highest BCUT2D eigenvalue weighted by Crippen LogP contribution is 2.34. The molecule has 3 nitrogen and oxygen atoms in total. The van der Waals surface area contributed by atoms with Crippen molar-refractivity contribution in [3.63, 3.8) is 0 Å². The number of Topliss-reactive ketones (excluding diaryl/α,β-unsaturated/α-hetero) is 1. The molecule has 0 radical (unpaired) electrons. The molecule has 0 bridgehead atoms. The summed E-state index contributed by atoms with van der Waals surface area (Å²) < 4.78 is 11.5. The highest BCUT2D eigenvalue weighted by Gasteiger charge is 2.13. The zero-order chi connectivity index (χ0) is 13.8. The quantitative estimate of drug-likeness (QED) is 0.769. The Morgan fingerprint density at radius 1 is 1.32 bits per heavy atom. The van der Waals surface area contributed by atoms with Gasteiger partial charge in [-0.3, -0.25) is 4.79 Å². The SMILES string of the molecule is COc1cccc(Br)c1OCC(=O)c1ccc(C)s1. The van der Waals surface area contributed by atoms with Crippen molar-refractivity contribution in [3.05, 3.63) is 44.6 Å². The number of carbonyl (C=O) groups excluding carboxylic acids is 1. The average Bonchev–Trinajstić information content (AvgIpc) is 2.83. The Bertz CT molecular complexity index is 592. The fraction of sp³-hybridized carbons (Fsp3) is 0.214. The van der Waals surface area contributed by atoms with Crippen LogP contribution in [0.4, 0.5) is 0 Å². The van der Waals surface area contributed by atoms with Gasteiger partial charge in [-0.2, -0.15) is 0 Å². The summed E-state index contributed by atoms with van der Waals surface area (Å²) in [7, 11) is 1.57. The van der Waals surface area contributed by atoms with E-state index in [-0.39, 0.29) is 12.4 Å². The van der Waals surface area contributed by atoms with Gasteiger partial charge in [0.05, 0.1) is 16.5 Å². The standard InChI is InChI=1S/C14H13BrO3S/c1-9-6-7-13(19-9)11(16)8-18-14-10(15)4-3-5-12(14)17-2/h3-7H,8H2,1-2H3. The van der Waals surface area contributed by atoms with Gasteiger partial charge in [-0.1, -0.05) is 6.07 Å². The molecule has 0 atom stereocenters. The summed E-state index contributed by atoms with van der Waals surface area (Å²) in [4.78, 5) is 13.8. The largest absolute Gasteiger partial charge is 0.493 e. The number of ketones is 1. The van der Waals surface area contributed by atoms with Crippen molar-refractivity contribution in [2.24, 2.45) is 0 Å². The number of halogens is 1. The van der Waals surface area contributed by atoms with Gasteiger partial charge in [0.1, 0.15) is 0 Å².